The summed E-state index contributed by atoms with van der Waals surface area (Å²) in [6, 6.07) is 6.66. The van der Waals surface area contributed by atoms with Gasteiger partial charge in [-0.15, -0.1) is 0 Å². The lowest BCUT2D eigenvalue weighted by atomic mass is 9.89. The molecule has 3 atom stereocenters. The number of benzene rings is 1. The molecule has 4 nitrogen and oxygen atoms in total. The number of piperidine rings is 1. The largest absolute Gasteiger partial charge is 0.497 e. The Bertz CT molecular complexity index is 464. The molecule has 0 aliphatic carbocycles. The highest BCUT2D eigenvalue weighted by molar-refractivity contribution is 5.42. The molecule has 3 unspecified atom stereocenters. The van der Waals surface area contributed by atoms with Crippen LogP contribution in [-0.2, 0) is 0 Å². The van der Waals surface area contributed by atoms with Crippen LogP contribution in [0, 0.1) is 5.92 Å². The Balaban J connectivity index is 2.35. The first-order valence-electron chi connectivity index (χ1n) is 7.80. The first-order valence-corrected chi connectivity index (χ1v) is 7.80. The minimum absolute atomic E-state index is 0.174. The third-order valence-electron chi connectivity index (χ3n) is 4.84. The highest BCUT2D eigenvalue weighted by Gasteiger charge is 2.31. The summed E-state index contributed by atoms with van der Waals surface area (Å²) in [4.78, 5) is 2.52. The predicted octanol–water partition coefficient (Wildman–Crippen LogP) is 2.82. The van der Waals surface area contributed by atoms with E-state index in [1.807, 2.05) is 12.1 Å². The van der Waals surface area contributed by atoms with Gasteiger partial charge in [-0.1, -0.05) is 6.92 Å². The van der Waals surface area contributed by atoms with E-state index in [2.05, 4.69) is 24.8 Å². The number of nitrogens with zero attached hydrogens (tertiary/aromatic N) is 1. The van der Waals surface area contributed by atoms with Gasteiger partial charge >= 0.3 is 0 Å². The summed E-state index contributed by atoms with van der Waals surface area (Å²) in [5, 5.41) is 0. The zero-order chi connectivity index (χ0) is 15.4. The maximum absolute atomic E-state index is 6.12. The van der Waals surface area contributed by atoms with Crippen molar-refractivity contribution in [1.29, 1.82) is 0 Å². The van der Waals surface area contributed by atoms with E-state index >= 15 is 0 Å². The van der Waals surface area contributed by atoms with E-state index in [1.54, 1.807) is 14.2 Å². The second kappa shape index (κ2) is 7.14. The lowest BCUT2D eigenvalue weighted by Gasteiger charge is -2.43. The van der Waals surface area contributed by atoms with Gasteiger partial charge in [0.1, 0.15) is 11.5 Å². The second-order valence-electron chi connectivity index (χ2n) is 5.96. The lowest BCUT2D eigenvalue weighted by Crippen LogP contribution is -2.46. The Morgan fingerprint density at radius 1 is 1.29 bits per heavy atom. The van der Waals surface area contributed by atoms with E-state index in [9.17, 15) is 0 Å². The van der Waals surface area contributed by atoms with Gasteiger partial charge in [-0.3, -0.25) is 4.90 Å². The van der Waals surface area contributed by atoms with Crippen molar-refractivity contribution < 1.29 is 9.47 Å². The molecule has 1 aliphatic rings. The first kappa shape index (κ1) is 16.1. The lowest BCUT2D eigenvalue weighted by molar-refractivity contribution is 0.0697. The molecule has 1 aromatic rings. The molecule has 4 heteroatoms. The van der Waals surface area contributed by atoms with Gasteiger partial charge in [0.2, 0.25) is 0 Å². The molecule has 21 heavy (non-hydrogen) atoms. The van der Waals surface area contributed by atoms with Crippen molar-refractivity contribution in [1.82, 2.24) is 4.90 Å². The summed E-state index contributed by atoms with van der Waals surface area (Å²) < 4.78 is 10.9. The molecular weight excluding hydrogens is 264 g/mol. The highest BCUT2D eigenvalue weighted by Crippen LogP contribution is 2.36. The van der Waals surface area contributed by atoms with Gasteiger partial charge in [0.15, 0.2) is 0 Å². The number of ether oxygens (including phenoxy) is 2. The summed E-state index contributed by atoms with van der Waals surface area (Å²) in [6.07, 6.45) is 2.53. The number of hydrogen-bond acceptors (Lipinski definition) is 4. The normalized spacial score (nSPS) is 24.6. The van der Waals surface area contributed by atoms with Crippen molar-refractivity contribution in [3.8, 4) is 11.5 Å². The van der Waals surface area contributed by atoms with E-state index in [-0.39, 0.29) is 6.04 Å². The van der Waals surface area contributed by atoms with Gasteiger partial charge < -0.3 is 15.2 Å². The molecule has 1 aliphatic heterocycles. The van der Waals surface area contributed by atoms with E-state index in [1.165, 1.54) is 12.8 Å². The van der Waals surface area contributed by atoms with Crippen LogP contribution < -0.4 is 15.2 Å². The fourth-order valence-corrected chi connectivity index (χ4v) is 3.35. The quantitative estimate of drug-likeness (QED) is 0.906. The third-order valence-corrected chi connectivity index (χ3v) is 4.84. The SMILES string of the molecule is COc1ccc(OC)c(C(CN)N2CCCC(C)C2C)c1. The minimum Gasteiger partial charge on any atom is -0.497 e. The van der Waals surface area contributed by atoms with Crippen LogP contribution in [0.4, 0.5) is 0 Å². The van der Waals surface area contributed by atoms with Crippen LogP contribution in [0.5, 0.6) is 11.5 Å². The summed E-state index contributed by atoms with van der Waals surface area (Å²) >= 11 is 0. The topological polar surface area (TPSA) is 47.7 Å². The standard InChI is InChI=1S/C17H28N2O2/c1-12-6-5-9-19(13(12)2)16(11-18)15-10-14(20-3)7-8-17(15)21-4/h7-8,10,12-13,16H,5-6,9,11,18H2,1-4H3. The van der Waals surface area contributed by atoms with Crippen LogP contribution in [0.25, 0.3) is 0 Å². The molecule has 118 valence electrons. The average Bonchev–Trinajstić information content (AvgIpc) is 2.52. The minimum atomic E-state index is 0.174. The number of likely N-dealkylation sites (tertiary alicyclic amines) is 1. The van der Waals surface area contributed by atoms with Gasteiger partial charge in [0.05, 0.1) is 20.3 Å². The Kier molecular flexibility index (Phi) is 5.48. The Labute approximate surface area is 128 Å². The van der Waals surface area contributed by atoms with Gasteiger partial charge in [0, 0.05) is 18.2 Å². The fourth-order valence-electron chi connectivity index (χ4n) is 3.35. The van der Waals surface area contributed by atoms with E-state index in [0.29, 0.717) is 18.5 Å². The molecule has 0 saturated carbocycles. The molecule has 1 heterocycles. The van der Waals surface area contributed by atoms with Crippen molar-refractivity contribution in [2.24, 2.45) is 11.7 Å². The summed E-state index contributed by atoms with van der Waals surface area (Å²) in [5.41, 5.74) is 7.25. The molecule has 1 fully saturated rings. The highest BCUT2D eigenvalue weighted by atomic mass is 16.5. The summed E-state index contributed by atoms with van der Waals surface area (Å²) in [5.74, 6) is 2.43. The van der Waals surface area contributed by atoms with Gasteiger partial charge in [-0.25, -0.2) is 0 Å². The van der Waals surface area contributed by atoms with Gasteiger partial charge in [0.25, 0.3) is 0 Å². The molecule has 0 spiro atoms. The van der Waals surface area contributed by atoms with Crippen molar-refractivity contribution in [3.05, 3.63) is 23.8 Å². The number of hydrogen-bond donors (Lipinski definition) is 1. The van der Waals surface area contributed by atoms with E-state index in [4.69, 9.17) is 15.2 Å². The first-order chi connectivity index (χ1) is 10.1. The van der Waals surface area contributed by atoms with Crippen LogP contribution in [0.2, 0.25) is 0 Å². The third kappa shape index (κ3) is 3.33. The predicted molar refractivity (Wildman–Crippen MR) is 85.9 cm³/mol. The molecule has 0 radical (unpaired) electrons. The number of methoxy groups -OCH3 is 2. The Morgan fingerprint density at radius 2 is 2.05 bits per heavy atom. The molecule has 1 saturated heterocycles. The van der Waals surface area contributed by atoms with Crippen LogP contribution in [0.1, 0.15) is 38.3 Å². The van der Waals surface area contributed by atoms with Gasteiger partial charge in [-0.05, 0) is 50.4 Å². The zero-order valence-corrected chi connectivity index (χ0v) is 13.6. The molecule has 1 aromatic carbocycles. The van der Waals surface area contributed by atoms with Crippen LogP contribution >= 0.6 is 0 Å². The molecule has 0 amide bonds. The molecule has 2 N–H and O–H groups in total. The van der Waals surface area contributed by atoms with Gasteiger partial charge in [-0.2, -0.15) is 0 Å². The van der Waals surface area contributed by atoms with E-state index in [0.717, 1.165) is 23.6 Å². The summed E-state index contributed by atoms with van der Waals surface area (Å²) in [7, 11) is 3.40. The maximum atomic E-state index is 6.12. The molecule has 0 aromatic heterocycles. The molecule has 0 bridgehead atoms. The zero-order valence-electron chi connectivity index (χ0n) is 13.6. The van der Waals surface area contributed by atoms with Crippen LogP contribution in [0.15, 0.2) is 18.2 Å². The smallest absolute Gasteiger partial charge is 0.123 e. The Morgan fingerprint density at radius 3 is 2.67 bits per heavy atom. The van der Waals surface area contributed by atoms with Crippen molar-refractivity contribution in [3.63, 3.8) is 0 Å². The molecule has 2 rings (SSSR count). The van der Waals surface area contributed by atoms with Crippen LogP contribution in [0.3, 0.4) is 0 Å². The number of rotatable bonds is 5. The second-order valence-corrected chi connectivity index (χ2v) is 5.96. The molecular formula is C17H28N2O2. The van der Waals surface area contributed by atoms with Crippen molar-refractivity contribution in [2.45, 2.75) is 38.8 Å². The van der Waals surface area contributed by atoms with Crippen molar-refractivity contribution >= 4 is 0 Å². The van der Waals surface area contributed by atoms with Crippen LogP contribution in [-0.4, -0.2) is 38.3 Å². The fraction of sp³-hybridized carbons (Fsp3) is 0.647. The maximum Gasteiger partial charge on any atom is 0.123 e. The number of nitrogens with two attached hydrogens (primary N) is 1. The van der Waals surface area contributed by atoms with Crippen molar-refractivity contribution in [2.75, 3.05) is 27.3 Å². The van der Waals surface area contributed by atoms with E-state index < -0.39 is 0 Å². The Hall–Kier alpha value is -1.26. The summed E-state index contributed by atoms with van der Waals surface area (Å²) in [6.45, 7) is 6.31. The average molecular weight is 292 g/mol. The monoisotopic (exact) mass is 292 g/mol.